The fourth-order valence-electron chi connectivity index (χ4n) is 5.84. The fourth-order valence-corrected chi connectivity index (χ4v) is 5.84. The molecule has 3 aliphatic rings. The Morgan fingerprint density at radius 2 is 1.92 bits per heavy atom. The SMILES string of the molecule is CC[C@H]1OC[C@@H](c2ccccc2)N(CC(=O)Nc2ccc3c(c2)C[C@@]2(C3)C(=O)Nc3ncccc32)C1=O. The van der Waals surface area contributed by atoms with Crippen LogP contribution in [0.2, 0.25) is 0 Å². The second-order valence-electron chi connectivity index (χ2n) is 9.94. The fraction of sp³-hybridized carbons (Fsp3) is 0.310. The summed E-state index contributed by atoms with van der Waals surface area (Å²) >= 11 is 0. The maximum Gasteiger partial charge on any atom is 0.252 e. The molecule has 6 rings (SSSR count). The summed E-state index contributed by atoms with van der Waals surface area (Å²) in [5.41, 5.74) is 3.96. The number of aromatic nitrogens is 1. The molecule has 0 saturated carbocycles. The van der Waals surface area contributed by atoms with Crippen molar-refractivity contribution in [3.05, 3.63) is 89.1 Å². The quantitative estimate of drug-likeness (QED) is 0.564. The average Bonchev–Trinajstić information content (AvgIpc) is 3.42. The summed E-state index contributed by atoms with van der Waals surface area (Å²) in [6.07, 6.45) is 2.83. The first-order valence-corrected chi connectivity index (χ1v) is 12.6. The maximum atomic E-state index is 13.1. The lowest BCUT2D eigenvalue weighted by Gasteiger charge is -2.39. The summed E-state index contributed by atoms with van der Waals surface area (Å²) < 4.78 is 5.81. The van der Waals surface area contributed by atoms with Gasteiger partial charge in [0.15, 0.2) is 0 Å². The summed E-state index contributed by atoms with van der Waals surface area (Å²) in [7, 11) is 0. The predicted molar refractivity (Wildman–Crippen MR) is 138 cm³/mol. The normalized spacial score (nSPS) is 24.1. The molecule has 2 aromatic carbocycles. The maximum absolute atomic E-state index is 13.1. The molecule has 8 heteroatoms. The van der Waals surface area contributed by atoms with Gasteiger partial charge in [0.05, 0.1) is 18.1 Å². The van der Waals surface area contributed by atoms with Gasteiger partial charge >= 0.3 is 0 Å². The van der Waals surface area contributed by atoms with Gasteiger partial charge in [-0.2, -0.15) is 0 Å². The molecule has 0 bridgehead atoms. The molecule has 2 N–H and O–H groups in total. The molecule has 1 spiro atoms. The summed E-state index contributed by atoms with van der Waals surface area (Å²) in [6.45, 7) is 2.18. The van der Waals surface area contributed by atoms with Crippen molar-refractivity contribution in [3.8, 4) is 0 Å². The van der Waals surface area contributed by atoms with Gasteiger partial charge in [0.1, 0.15) is 18.5 Å². The molecule has 8 nitrogen and oxygen atoms in total. The number of rotatable bonds is 5. The van der Waals surface area contributed by atoms with Crippen molar-refractivity contribution in [1.82, 2.24) is 9.88 Å². The molecular formula is C29H28N4O4. The van der Waals surface area contributed by atoms with Gasteiger partial charge in [0.25, 0.3) is 5.91 Å². The third-order valence-corrected chi connectivity index (χ3v) is 7.72. The molecule has 2 aliphatic heterocycles. The van der Waals surface area contributed by atoms with Gasteiger partial charge in [0.2, 0.25) is 11.8 Å². The van der Waals surface area contributed by atoms with E-state index in [0.29, 0.717) is 37.4 Å². The first kappa shape index (κ1) is 23.4. The van der Waals surface area contributed by atoms with Crippen LogP contribution in [0.5, 0.6) is 0 Å². The van der Waals surface area contributed by atoms with Crippen LogP contribution in [0.4, 0.5) is 11.5 Å². The van der Waals surface area contributed by atoms with Crippen LogP contribution in [0.3, 0.4) is 0 Å². The van der Waals surface area contributed by atoms with Gasteiger partial charge in [-0.1, -0.05) is 49.4 Å². The van der Waals surface area contributed by atoms with E-state index in [-0.39, 0.29) is 30.3 Å². The lowest BCUT2D eigenvalue weighted by atomic mass is 9.79. The number of nitrogens with zero attached hydrogens (tertiary/aromatic N) is 2. The van der Waals surface area contributed by atoms with Crippen LogP contribution in [0.25, 0.3) is 0 Å². The number of amides is 3. The number of hydrogen-bond donors (Lipinski definition) is 2. The van der Waals surface area contributed by atoms with E-state index in [4.69, 9.17) is 4.74 Å². The molecule has 0 radical (unpaired) electrons. The molecule has 3 amide bonds. The lowest BCUT2D eigenvalue weighted by Crippen LogP contribution is -2.51. The summed E-state index contributed by atoms with van der Waals surface area (Å²) in [4.78, 5) is 45.2. The number of carbonyl (C=O) groups is 3. The minimum absolute atomic E-state index is 0.0359. The molecule has 188 valence electrons. The number of hydrogen-bond acceptors (Lipinski definition) is 5. The first-order valence-electron chi connectivity index (χ1n) is 12.6. The van der Waals surface area contributed by atoms with Crippen LogP contribution < -0.4 is 10.6 Å². The van der Waals surface area contributed by atoms with Crippen LogP contribution in [-0.4, -0.2) is 46.9 Å². The molecule has 0 unspecified atom stereocenters. The van der Waals surface area contributed by atoms with Gasteiger partial charge in [-0.05, 0) is 54.2 Å². The van der Waals surface area contributed by atoms with E-state index in [1.165, 1.54) is 0 Å². The van der Waals surface area contributed by atoms with Crippen molar-refractivity contribution in [2.75, 3.05) is 23.8 Å². The smallest absolute Gasteiger partial charge is 0.252 e. The van der Waals surface area contributed by atoms with Crippen molar-refractivity contribution < 1.29 is 19.1 Å². The summed E-state index contributed by atoms with van der Waals surface area (Å²) in [5, 5.41) is 5.89. The van der Waals surface area contributed by atoms with Gasteiger partial charge in [-0.3, -0.25) is 14.4 Å². The van der Waals surface area contributed by atoms with E-state index in [0.717, 1.165) is 22.3 Å². The molecule has 1 aromatic heterocycles. The Bertz CT molecular complexity index is 1390. The Balaban J connectivity index is 1.20. The lowest BCUT2D eigenvalue weighted by molar-refractivity contribution is -0.161. The molecule has 1 saturated heterocycles. The van der Waals surface area contributed by atoms with Crippen LogP contribution in [0.1, 0.15) is 41.6 Å². The van der Waals surface area contributed by atoms with E-state index < -0.39 is 11.5 Å². The number of anilines is 2. The Morgan fingerprint density at radius 3 is 2.73 bits per heavy atom. The van der Waals surface area contributed by atoms with Crippen molar-refractivity contribution in [3.63, 3.8) is 0 Å². The Morgan fingerprint density at radius 1 is 1.11 bits per heavy atom. The van der Waals surface area contributed by atoms with Gasteiger partial charge in [0, 0.05) is 17.4 Å². The van der Waals surface area contributed by atoms with Crippen molar-refractivity contribution in [1.29, 1.82) is 0 Å². The number of carbonyl (C=O) groups excluding carboxylic acids is 3. The zero-order valence-electron chi connectivity index (χ0n) is 20.6. The predicted octanol–water partition coefficient (Wildman–Crippen LogP) is 3.39. The molecule has 3 aromatic rings. The monoisotopic (exact) mass is 496 g/mol. The zero-order valence-corrected chi connectivity index (χ0v) is 20.6. The molecular weight excluding hydrogens is 468 g/mol. The topological polar surface area (TPSA) is 101 Å². The Hall–Kier alpha value is -4.04. The highest BCUT2D eigenvalue weighted by molar-refractivity contribution is 6.06. The van der Waals surface area contributed by atoms with E-state index in [2.05, 4.69) is 15.6 Å². The number of ether oxygens (including phenoxy) is 1. The Labute approximate surface area is 215 Å². The van der Waals surface area contributed by atoms with E-state index in [9.17, 15) is 14.4 Å². The average molecular weight is 497 g/mol. The molecule has 1 fully saturated rings. The highest BCUT2D eigenvalue weighted by atomic mass is 16.5. The van der Waals surface area contributed by atoms with Crippen LogP contribution in [-0.2, 0) is 37.4 Å². The Kier molecular flexibility index (Phi) is 5.76. The number of pyridine rings is 1. The molecule has 1 aliphatic carbocycles. The van der Waals surface area contributed by atoms with Crippen molar-refractivity contribution >= 4 is 29.2 Å². The van der Waals surface area contributed by atoms with Gasteiger partial charge in [-0.15, -0.1) is 0 Å². The third-order valence-electron chi connectivity index (χ3n) is 7.72. The third kappa shape index (κ3) is 3.97. The molecule has 3 atom stereocenters. The zero-order chi connectivity index (χ0) is 25.6. The highest BCUT2D eigenvalue weighted by Crippen LogP contribution is 2.47. The van der Waals surface area contributed by atoms with Crippen LogP contribution in [0, 0.1) is 0 Å². The standard InChI is InChI=1S/C29H28N4O4/c1-2-24-27(35)33(23(17-37-24)18-7-4-3-5-8-18)16-25(34)31-21-11-10-19-14-29(15-20(19)13-21)22-9-6-12-30-26(22)32-28(29)36/h3-13,23-24H,2,14-17H2,1H3,(H,31,34)(H,30,32,36)/t23-,24+,29+/m0/s1. The van der Waals surface area contributed by atoms with Gasteiger partial charge < -0.3 is 20.3 Å². The van der Waals surface area contributed by atoms with Gasteiger partial charge in [-0.25, -0.2) is 4.98 Å². The minimum Gasteiger partial charge on any atom is -0.366 e. The van der Waals surface area contributed by atoms with E-state index in [1.807, 2.05) is 67.6 Å². The summed E-state index contributed by atoms with van der Waals surface area (Å²) in [5.74, 6) is 0.147. The highest BCUT2D eigenvalue weighted by Gasteiger charge is 2.51. The van der Waals surface area contributed by atoms with Crippen molar-refractivity contribution in [2.45, 2.75) is 43.7 Å². The van der Waals surface area contributed by atoms with E-state index in [1.54, 1.807) is 11.1 Å². The van der Waals surface area contributed by atoms with Crippen LogP contribution in [0.15, 0.2) is 66.9 Å². The largest absolute Gasteiger partial charge is 0.366 e. The van der Waals surface area contributed by atoms with Crippen molar-refractivity contribution in [2.24, 2.45) is 0 Å². The second kappa shape index (κ2) is 9.12. The van der Waals surface area contributed by atoms with Crippen LogP contribution >= 0.6 is 0 Å². The number of morpholine rings is 1. The first-order chi connectivity index (χ1) is 18.0. The minimum atomic E-state index is -0.660. The number of benzene rings is 2. The molecule has 3 heterocycles. The molecule has 37 heavy (non-hydrogen) atoms. The second-order valence-corrected chi connectivity index (χ2v) is 9.94. The summed E-state index contributed by atoms with van der Waals surface area (Å²) in [6, 6.07) is 18.9. The number of nitrogens with one attached hydrogen (secondary N) is 2. The van der Waals surface area contributed by atoms with E-state index >= 15 is 0 Å². The number of fused-ring (bicyclic) bond motifs is 3.